The Bertz CT molecular complexity index is 572. The summed E-state index contributed by atoms with van der Waals surface area (Å²) in [5.74, 6) is -2.81. The summed E-state index contributed by atoms with van der Waals surface area (Å²) < 4.78 is 53.6. The van der Waals surface area contributed by atoms with E-state index in [2.05, 4.69) is 5.32 Å². The number of nitrogens with one attached hydrogen (secondary N) is 1. The van der Waals surface area contributed by atoms with Gasteiger partial charge in [-0.25, -0.2) is 17.6 Å². The zero-order valence-corrected chi connectivity index (χ0v) is 10.8. The van der Waals surface area contributed by atoms with Gasteiger partial charge < -0.3 is 5.32 Å². The highest BCUT2D eigenvalue weighted by molar-refractivity contribution is 5.26. The van der Waals surface area contributed by atoms with Crippen molar-refractivity contribution in [3.8, 4) is 0 Å². The Morgan fingerprint density at radius 3 is 2.00 bits per heavy atom. The standard InChI is InChI=1S/C15H13F4N/c1-20-15(9-5-10(16)7-11(17)6-9)8-12-13(18)3-2-4-14(12)19/h2-7,15,20H,8H2,1H3. The van der Waals surface area contributed by atoms with Crippen molar-refractivity contribution < 1.29 is 17.6 Å². The molecule has 0 fully saturated rings. The SMILES string of the molecule is CNC(Cc1c(F)cccc1F)c1cc(F)cc(F)c1. The highest BCUT2D eigenvalue weighted by atomic mass is 19.1. The summed E-state index contributed by atoms with van der Waals surface area (Å²) in [6.07, 6.45) is -0.0437. The van der Waals surface area contributed by atoms with Crippen LogP contribution in [-0.4, -0.2) is 7.05 Å². The first-order chi connectivity index (χ1) is 9.51. The molecule has 1 unspecified atom stereocenters. The highest BCUT2D eigenvalue weighted by Gasteiger charge is 2.17. The lowest BCUT2D eigenvalue weighted by molar-refractivity contribution is 0.509. The molecule has 0 aliphatic rings. The molecule has 0 aliphatic carbocycles. The average Bonchev–Trinajstić information content (AvgIpc) is 2.37. The molecule has 1 N–H and O–H groups in total. The van der Waals surface area contributed by atoms with Gasteiger partial charge in [-0.3, -0.25) is 0 Å². The second-order valence-corrected chi connectivity index (χ2v) is 4.45. The molecular weight excluding hydrogens is 270 g/mol. The molecular formula is C15H13F4N. The number of halogens is 4. The van der Waals surface area contributed by atoms with Crippen molar-refractivity contribution in [3.05, 3.63) is 70.8 Å². The number of hydrogen-bond acceptors (Lipinski definition) is 1. The fraction of sp³-hybridized carbons (Fsp3) is 0.200. The Kier molecular flexibility index (Phi) is 4.39. The topological polar surface area (TPSA) is 12.0 Å². The summed E-state index contributed by atoms with van der Waals surface area (Å²) in [6, 6.07) is 6.01. The molecule has 0 aromatic heterocycles. The van der Waals surface area contributed by atoms with E-state index in [9.17, 15) is 17.6 Å². The van der Waals surface area contributed by atoms with E-state index >= 15 is 0 Å². The minimum absolute atomic E-state index is 0.0437. The lowest BCUT2D eigenvalue weighted by atomic mass is 9.98. The Labute approximate surface area is 114 Å². The lowest BCUT2D eigenvalue weighted by Crippen LogP contribution is -2.20. The fourth-order valence-electron chi connectivity index (χ4n) is 2.09. The second kappa shape index (κ2) is 6.05. The van der Waals surface area contributed by atoms with Gasteiger partial charge >= 0.3 is 0 Å². The van der Waals surface area contributed by atoms with Crippen LogP contribution in [0.4, 0.5) is 17.6 Å². The first-order valence-electron chi connectivity index (χ1n) is 6.07. The molecule has 20 heavy (non-hydrogen) atoms. The third-order valence-electron chi connectivity index (χ3n) is 3.11. The van der Waals surface area contributed by atoms with E-state index in [0.29, 0.717) is 5.56 Å². The highest BCUT2D eigenvalue weighted by Crippen LogP contribution is 2.23. The maximum atomic E-state index is 13.6. The van der Waals surface area contributed by atoms with E-state index in [1.54, 1.807) is 7.05 Å². The van der Waals surface area contributed by atoms with Gasteiger partial charge in [0.1, 0.15) is 23.3 Å². The number of hydrogen-bond donors (Lipinski definition) is 1. The summed E-state index contributed by atoms with van der Waals surface area (Å²) in [4.78, 5) is 0. The molecule has 1 nitrogen and oxygen atoms in total. The molecule has 0 bridgehead atoms. The Hall–Kier alpha value is -1.88. The van der Waals surface area contributed by atoms with Gasteiger partial charge in [-0.2, -0.15) is 0 Å². The van der Waals surface area contributed by atoms with Crippen molar-refractivity contribution in [2.45, 2.75) is 12.5 Å². The van der Waals surface area contributed by atoms with Crippen molar-refractivity contribution in [2.24, 2.45) is 0 Å². The smallest absolute Gasteiger partial charge is 0.129 e. The monoisotopic (exact) mass is 283 g/mol. The van der Waals surface area contributed by atoms with Crippen molar-refractivity contribution in [1.29, 1.82) is 0 Å². The number of benzene rings is 2. The maximum absolute atomic E-state index is 13.6. The van der Waals surface area contributed by atoms with Crippen LogP contribution in [0.15, 0.2) is 36.4 Å². The van der Waals surface area contributed by atoms with Crippen LogP contribution in [0.3, 0.4) is 0 Å². The average molecular weight is 283 g/mol. The van der Waals surface area contributed by atoms with Crippen LogP contribution in [0.25, 0.3) is 0 Å². The Morgan fingerprint density at radius 2 is 1.50 bits per heavy atom. The van der Waals surface area contributed by atoms with E-state index < -0.39 is 29.3 Å². The quantitative estimate of drug-likeness (QED) is 0.843. The molecule has 0 saturated carbocycles. The van der Waals surface area contributed by atoms with Gasteiger partial charge in [0, 0.05) is 17.7 Å². The van der Waals surface area contributed by atoms with Crippen LogP contribution in [-0.2, 0) is 6.42 Å². The van der Waals surface area contributed by atoms with Crippen molar-refractivity contribution in [1.82, 2.24) is 5.32 Å². The van der Waals surface area contributed by atoms with Crippen molar-refractivity contribution >= 4 is 0 Å². The van der Waals surface area contributed by atoms with Crippen molar-refractivity contribution in [2.75, 3.05) is 7.05 Å². The normalized spacial score (nSPS) is 12.4. The van der Waals surface area contributed by atoms with Crippen LogP contribution in [0, 0.1) is 23.3 Å². The number of likely N-dealkylation sites (N-methyl/N-ethyl adjacent to an activating group) is 1. The summed E-state index contributed by atoms with van der Waals surface area (Å²) >= 11 is 0. The third kappa shape index (κ3) is 3.17. The molecule has 0 saturated heterocycles. The molecule has 0 spiro atoms. The minimum atomic E-state index is -0.728. The third-order valence-corrected chi connectivity index (χ3v) is 3.11. The summed E-state index contributed by atoms with van der Waals surface area (Å²) in [5.41, 5.74) is 0.184. The van der Waals surface area contributed by atoms with E-state index in [1.165, 1.54) is 6.07 Å². The van der Waals surface area contributed by atoms with Gasteiger partial charge in [0.15, 0.2) is 0 Å². The lowest BCUT2D eigenvalue weighted by Gasteiger charge is -2.18. The van der Waals surface area contributed by atoms with Gasteiger partial charge in [0.2, 0.25) is 0 Å². The van der Waals surface area contributed by atoms with Crippen LogP contribution in [0.5, 0.6) is 0 Å². The molecule has 0 radical (unpaired) electrons. The first kappa shape index (κ1) is 14.5. The van der Waals surface area contributed by atoms with Gasteiger partial charge in [0.25, 0.3) is 0 Å². The molecule has 2 aromatic carbocycles. The zero-order valence-electron chi connectivity index (χ0n) is 10.8. The van der Waals surface area contributed by atoms with Crippen LogP contribution < -0.4 is 5.32 Å². The van der Waals surface area contributed by atoms with E-state index in [4.69, 9.17) is 0 Å². The first-order valence-corrected chi connectivity index (χ1v) is 6.07. The summed E-state index contributed by atoms with van der Waals surface area (Å²) in [6.45, 7) is 0. The molecule has 106 valence electrons. The van der Waals surface area contributed by atoms with E-state index in [-0.39, 0.29) is 12.0 Å². The predicted molar refractivity (Wildman–Crippen MR) is 68.2 cm³/mol. The molecule has 0 aliphatic heterocycles. The van der Waals surface area contributed by atoms with E-state index in [0.717, 1.165) is 30.3 Å². The Balaban J connectivity index is 2.33. The number of rotatable bonds is 4. The van der Waals surface area contributed by atoms with Crippen LogP contribution in [0.1, 0.15) is 17.2 Å². The molecule has 2 rings (SSSR count). The zero-order chi connectivity index (χ0) is 14.7. The van der Waals surface area contributed by atoms with Gasteiger partial charge in [0.05, 0.1) is 0 Å². The van der Waals surface area contributed by atoms with Crippen LogP contribution in [0.2, 0.25) is 0 Å². The molecule has 1 atom stereocenters. The van der Waals surface area contributed by atoms with Gasteiger partial charge in [-0.1, -0.05) is 6.07 Å². The molecule has 0 heterocycles. The Morgan fingerprint density at radius 1 is 0.950 bits per heavy atom. The minimum Gasteiger partial charge on any atom is -0.313 e. The molecule has 5 heteroatoms. The second-order valence-electron chi connectivity index (χ2n) is 4.45. The van der Waals surface area contributed by atoms with Crippen molar-refractivity contribution in [3.63, 3.8) is 0 Å². The predicted octanol–water partition coefficient (Wildman–Crippen LogP) is 3.75. The van der Waals surface area contributed by atoms with Gasteiger partial charge in [-0.05, 0) is 43.3 Å². The molecule has 2 aromatic rings. The van der Waals surface area contributed by atoms with Gasteiger partial charge in [-0.15, -0.1) is 0 Å². The molecule has 0 amide bonds. The maximum Gasteiger partial charge on any atom is 0.129 e. The van der Waals surface area contributed by atoms with Crippen LogP contribution >= 0.6 is 0 Å². The summed E-state index contributed by atoms with van der Waals surface area (Å²) in [7, 11) is 1.56. The summed E-state index contributed by atoms with van der Waals surface area (Å²) in [5, 5.41) is 2.81. The van der Waals surface area contributed by atoms with E-state index in [1.807, 2.05) is 0 Å². The largest absolute Gasteiger partial charge is 0.313 e. The fourth-order valence-corrected chi connectivity index (χ4v) is 2.09.